The Morgan fingerprint density at radius 1 is 1.19 bits per heavy atom. The Morgan fingerprint density at radius 3 is 2.62 bits per heavy atom. The van der Waals surface area contributed by atoms with E-state index in [9.17, 15) is 9.18 Å². The Morgan fingerprint density at radius 2 is 1.95 bits per heavy atom. The maximum atomic E-state index is 13.4. The molecule has 0 atom stereocenters. The van der Waals surface area contributed by atoms with Crippen molar-refractivity contribution in [3.8, 4) is 0 Å². The van der Waals surface area contributed by atoms with Crippen LogP contribution in [0.1, 0.15) is 11.1 Å². The van der Waals surface area contributed by atoms with E-state index in [1.165, 1.54) is 17.8 Å². The monoisotopic (exact) mass is 304 g/mol. The number of nitrogens with one attached hydrogen (secondary N) is 1. The summed E-state index contributed by atoms with van der Waals surface area (Å²) in [7, 11) is 0. The number of aryl methyl sites for hydroxylation is 2. The Bertz CT molecular complexity index is 673. The molecule has 0 spiro atoms. The predicted molar refractivity (Wildman–Crippen MR) is 86.1 cm³/mol. The van der Waals surface area contributed by atoms with E-state index in [2.05, 4.69) is 5.32 Å². The molecule has 0 aliphatic rings. The normalized spacial score (nSPS) is 10.4. The number of benzene rings is 2. The van der Waals surface area contributed by atoms with E-state index < -0.39 is 0 Å². The van der Waals surface area contributed by atoms with E-state index in [0.717, 1.165) is 16.1 Å². The summed E-state index contributed by atoms with van der Waals surface area (Å²) in [6.45, 7) is 3.61. The minimum absolute atomic E-state index is 0.169. The van der Waals surface area contributed by atoms with Gasteiger partial charge in [0.25, 0.3) is 0 Å². The standard InChI is InChI=1S/C16H17FN2OS/c1-10-3-4-12(8-14(10)17)19-16(20)9-21-13-5-6-15(18)11(2)7-13/h3-8H,9,18H2,1-2H3,(H,19,20). The van der Waals surface area contributed by atoms with Gasteiger partial charge in [-0.15, -0.1) is 11.8 Å². The molecule has 0 saturated carbocycles. The largest absolute Gasteiger partial charge is 0.399 e. The van der Waals surface area contributed by atoms with Gasteiger partial charge in [-0.1, -0.05) is 6.07 Å². The van der Waals surface area contributed by atoms with Gasteiger partial charge in [0.1, 0.15) is 5.82 Å². The van der Waals surface area contributed by atoms with Crippen molar-refractivity contribution in [3.05, 3.63) is 53.3 Å². The second-order valence-electron chi connectivity index (χ2n) is 4.82. The summed E-state index contributed by atoms with van der Waals surface area (Å²) in [6, 6.07) is 10.3. The minimum Gasteiger partial charge on any atom is -0.399 e. The van der Waals surface area contributed by atoms with Crippen LogP contribution in [0, 0.1) is 19.7 Å². The molecule has 5 heteroatoms. The third kappa shape index (κ3) is 4.23. The number of amides is 1. The lowest BCUT2D eigenvalue weighted by Gasteiger charge is -2.07. The van der Waals surface area contributed by atoms with E-state index in [1.54, 1.807) is 19.1 Å². The van der Waals surface area contributed by atoms with Crippen molar-refractivity contribution in [3.63, 3.8) is 0 Å². The van der Waals surface area contributed by atoms with Crippen molar-refractivity contribution < 1.29 is 9.18 Å². The summed E-state index contributed by atoms with van der Waals surface area (Å²) < 4.78 is 13.4. The van der Waals surface area contributed by atoms with Gasteiger partial charge in [0, 0.05) is 16.3 Å². The molecule has 1 amide bonds. The Balaban J connectivity index is 1.92. The van der Waals surface area contributed by atoms with Crippen LogP contribution in [0.25, 0.3) is 0 Å². The number of hydrogen-bond acceptors (Lipinski definition) is 3. The van der Waals surface area contributed by atoms with Crippen LogP contribution in [0.15, 0.2) is 41.3 Å². The lowest BCUT2D eigenvalue weighted by Crippen LogP contribution is -2.14. The van der Waals surface area contributed by atoms with Crippen molar-refractivity contribution in [2.75, 3.05) is 16.8 Å². The van der Waals surface area contributed by atoms with Crippen LogP contribution in [0.5, 0.6) is 0 Å². The van der Waals surface area contributed by atoms with Crippen molar-refractivity contribution in [1.82, 2.24) is 0 Å². The molecule has 21 heavy (non-hydrogen) atoms. The first-order valence-electron chi connectivity index (χ1n) is 6.50. The molecule has 0 fully saturated rings. The van der Waals surface area contributed by atoms with Crippen LogP contribution in [0.3, 0.4) is 0 Å². The fourth-order valence-corrected chi connectivity index (χ4v) is 2.55. The molecular weight excluding hydrogens is 287 g/mol. The Kier molecular flexibility index (Phi) is 4.85. The maximum Gasteiger partial charge on any atom is 0.234 e. The highest BCUT2D eigenvalue weighted by Crippen LogP contribution is 2.22. The van der Waals surface area contributed by atoms with E-state index in [-0.39, 0.29) is 17.5 Å². The number of nitrogens with two attached hydrogens (primary N) is 1. The van der Waals surface area contributed by atoms with E-state index in [0.29, 0.717) is 11.3 Å². The Hall–Kier alpha value is -2.01. The number of hydrogen-bond donors (Lipinski definition) is 2. The van der Waals surface area contributed by atoms with Crippen molar-refractivity contribution in [1.29, 1.82) is 0 Å². The minimum atomic E-state index is -0.324. The lowest BCUT2D eigenvalue weighted by atomic mass is 10.2. The van der Waals surface area contributed by atoms with E-state index in [4.69, 9.17) is 5.73 Å². The summed E-state index contributed by atoms with van der Waals surface area (Å²) in [4.78, 5) is 12.8. The zero-order valence-corrected chi connectivity index (χ0v) is 12.8. The number of halogens is 1. The van der Waals surface area contributed by atoms with Crippen LogP contribution in [-0.4, -0.2) is 11.7 Å². The van der Waals surface area contributed by atoms with Crippen LogP contribution in [0.2, 0.25) is 0 Å². The molecule has 110 valence electrons. The predicted octanol–water partition coefficient (Wildman–Crippen LogP) is 3.76. The molecule has 0 heterocycles. The molecule has 0 unspecified atom stereocenters. The van der Waals surface area contributed by atoms with Crippen LogP contribution in [0.4, 0.5) is 15.8 Å². The number of carbonyl (C=O) groups excluding carboxylic acids is 1. The summed E-state index contributed by atoms with van der Waals surface area (Å²) in [6.07, 6.45) is 0. The van der Waals surface area contributed by atoms with Crippen molar-refractivity contribution in [2.24, 2.45) is 0 Å². The summed E-state index contributed by atoms with van der Waals surface area (Å²) >= 11 is 1.42. The zero-order chi connectivity index (χ0) is 15.4. The van der Waals surface area contributed by atoms with Gasteiger partial charge in [-0.25, -0.2) is 4.39 Å². The molecule has 0 bridgehead atoms. The number of nitrogen functional groups attached to an aromatic ring is 1. The molecule has 0 saturated heterocycles. The number of carbonyl (C=O) groups is 1. The zero-order valence-electron chi connectivity index (χ0n) is 11.9. The number of rotatable bonds is 4. The lowest BCUT2D eigenvalue weighted by molar-refractivity contribution is -0.113. The van der Waals surface area contributed by atoms with Crippen LogP contribution in [-0.2, 0) is 4.79 Å². The van der Waals surface area contributed by atoms with Gasteiger partial charge in [-0.05, 0) is 55.3 Å². The quantitative estimate of drug-likeness (QED) is 0.668. The third-order valence-corrected chi connectivity index (χ3v) is 4.06. The third-order valence-electron chi connectivity index (χ3n) is 3.07. The fourth-order valence-electron chi connectivity index (χ4n) is 1.75. The van der Waals surface area contributed by atoms with Crippen molar-refractivity contribution >= 4 is 29.0 Å². The number of anilines is 2. The first-order chi connectivity index (χ1) is 9.95. The summed E-state index contributed by atoms with van der Waals surface area (Å²) in [5, 5.41) is 2.68. The highest BCUT2D eigenvalue weighted by molar-refractivity contribution is 8.00. The summed E-state index contributed by atoms with van der Waals surface area (Å²) in [5.74, 6) is -0.230. The molecule has 0 aliphatic heterocycles. The molecule has 2 rings (SSSR count). The van der Waals surface area contributed by atoms with Crippen LogP contribution < -0.4 is 11.1 Å². The van der Waals surface area contributed by atoms with Gasteiger partial charge in [0.05, 0.1) is 5.75 Å². The summed E-state index contributed by atoms with van der Waals surface area (Å²) in [5.41, 5.74) is 8.50. The fraction of sp³-hybridized carbons (Fsp3) is 0.188. The maximum absolute atomic E-state index is 13.4. The van der Waals surface area contributed by atoms with Gasteiger partial charge in [-0.2, -0.15) is 0 Å². The van der Waals surface area contributed by atoms with E-state index >= 15 is 0 Å². The molecule has 0 aliphatic carbocycles. The van der Waals surface area contributed by atoms with Gasteiger partial charge in [0.2, 0.25) is 5.91 Å². The highest BCUT2D eigenvalue weighted by atomic mass is 32.2. The number of thioether (sulfide) groups is 1. The second-order valence-corrected chi connectivity index (χ2v) is 5.87. The van der Waals surface area contributed by atoms with Gasteiger partial charge in [-0.3, -0.25) is 4.79 Å². The topological polar surface area (TPSA) is 55.1 Å². The van der Waals surface area contributed by atoms with Crippen molar-refractivity contribution in [2.45, 2.75) is 18.7 Å². The Labute approximate surface area is 127 Å². The molecule has 0 aromatic heterocycles. The second kappa shape index (κ2) is 6.63. The average Bonchev–Trinajstić information content (AvgIpc) is 2.44. The smallest absolute Gasteiger partial charge is 0.234 e. The average molecular weight is 304 g/mol. The van der Waals surface area contributed by atoms with Crippen LogP contribution >= 0.6 is 11.8 Å². The van der Waals surface area contributed by atoms with Gasteiger partial charge in [0.15, 0.2) is 0 Å². The molecule has 2 aromatic carbocycles. The van der Waals surface area contributed by atoms with Gasteiger partial charge < -0.3 is 11.1 Å². The SMILES string of the molecule is Cc1cc(SCC(=O)Nc2ccc(C)c(F)c2)ccc1N. The molecule has 3 nitrogen and oxygen atoms in total. The first kappa shape index (κ1) is 15.4. The first-order valence-corrected chi connectivity index (χ1v) is 7.49. The van der Waals surface area contributed by atoms with Gasteiger partial charge >= 0.3 is 0 Å². The highest BCUT2D eigenvalue weighted by Gasteiger charge is 2.06. The molecule has 2 aromatic rings. The van der Waals surface area contributed by atoms with E-state index in [1.807, 2.05) is 25.1 Å². The molecular formula is C16H17FN2OS. The molecule has 3 N–H and O–H groups in total. The molecule has 0 radical (unpaired) electrons.